The van der Waals surface area contributed by atoms with Gasteiger partial charge in [0.1, 0.15) is 0 Å². The van der Waals surface area contributed by atoms with E-state index in [1.807, 2.05) is 42.5 Å². The van der Waals surface area contributed by atoms with Crippen LogP contribution in [0.1, 0.15) is 46.3 Å². The van der Waals surface area contributed by atoms with E-state index in [1.54, 1.807) is 12.1 Å². The lowest BCUT2D eigenvalue weighted by Crippen LogP contribution is -2.25. The van der Waals surface area contributed by atoms with Crippen molar-refractivity contribution in [3.05, 3.63) is 76.9 Å². The number of ketones is 1. The van der Waals surface area contributed by atoms with Crippen LogP contribution in [0.4, 0.5) is 0 Å². The summed E-state index contributed by atoms with van der Waals surface area (Å²) in [5.41, 5.74) is 4.03. The van der Waals surface area contributed by atoms with Crippen LogP contribution in [0.3, 0.4) is 0 Å². The molecule has 0 radical (unpaired) electrons. The summed E-state index contributed by atoms with van der Waals surface area (Å²) in [5.74, 6) is -1.00. The molecule has 0 bridgehead atoms. The van der Waals surface area contributed by atoms with Gasteiger partial charge < -0.3 is 10.1 Å². The van der Waals surface area contributed by atoms with E-state index in [9.17, 15) is 14.4 Å². The van der Waals surface area contributed by atoms with Crippen molar-refractivity contribution >= 4 is 23.7 Å². The molecule has 0 saturated carbocycles. The summed E-state index contributed by atoms with van der Waals surface area (Å²) in [6, 6.07) is 15.2. The average Bonchev–Trinajstić information content (AvgIpc) is 2.76. The minimum Gasteiger partial charge on any atom is -0.457 e. The molecule has 0 spiro atoms. The van der Waals surface area contributed by atoms with Crippen molar-refractivity contribution in [3.63, 3.8) is 0 Å². The fourth-order valence-corrected chi connectivity index (χ4v) is 3.29. The summed E-state index contributed by atoms with van der Waals surface area (Å²) >= 11 is 0. The van der Waals surface area contributed by atoms with E-state index in [2.05, 4.69) is 5.32 Å². The number of fused-ring (bicyclic) bond motifs is 1. The number of carbonyl (C=O) groups excluding carboxylic acids is 3. The molecule has 0 fully saturated rings. The number of rotatable bonds is 8. The van der Waals surface area contributed by atoms with Crippen molar-refractivity contribution in [2.75, 3.05) is 13.2 Å². The Kier molecular flexibility index (Phi) is 7.34. The molecule has 0 aromatic heterocycles. The Morgan fingerprint density at radius 1 is 0.966 bits per heavy atom. The normalized spacial score (nSPS) is 13.0. The SMILES string of the molecule is O=C(/C=C/c1ccccc1)NCCC(=O)OCC(=O)c1ccc2c(c1)CCCC2. The predicted molar refractivity (Wildman–Crippen MR) is 111 cm³/mol. The summed E-state index contributed by atoms with van der Waals surface area (Å²) in [6.45, 7) is -0.122. The molecule has 0 unspecified atom stereocenters. The molecule has 1 N–H and O–H groups in total. The quantitative estimate of drug-likeness (QED) is 0.425. The van der Waals surface area contributed by atoms with Crippen LogP contribution in [-0.4, -0.2) is 30.8 Å². The molecule has 1 amide bonds. The van der Waals surface area contributed by atoms with E-state index >= 15 is 0 Å². The third kappa shape index (κ3) is 6.42. The minimum atomic E-state index is -0.511. The lowest BCUT2D eigenvalue weighted by atomic mass is 9.90. The second kappa shape index (κ2) is 10.4. The molecule has 0 aliphatic heterocycles. The van der Waals surface area contributed by atoms with E-state index in [1.165, 1.54) is 23.6 Å². The third-order valence-corrected chi connectivity index (χ3v) is 4.89. The molecule has 2 aromatic carbocycles. The molecule has 0 atom stereocenters. The third-order valence-electron chi connectivity index (χ3n) is 4.89. The number of carbonyl (C=O) groups is 3. The summed E-state index contributed by atoms with van der Waals surface area (Å²) in [4.78, 5) is 35.9. The van der Waals surface area contributed by atoms with Crippen LogP contribution in [0.5, 0.6) is 0 Å². The highest BCUT2D eigenvalue weighted by atomic mass is 16.5. The molecule has 5 heteroatoms. The largest absolute Gasteiger partial charge is 0.457 e. The van der Waals surface area contributed by atoms with Gasteiger partial charge in [-0.25, -0.2) is 0 Å². The first kappa shape index (κ1) is 20.5. The fraction of sp³-hybridized carbons (Fsp3) is 0.292. The zero-order valence-corrected chi connectivity index (χ0v) is 16.4. The summed E-state index contributed by atoms with van der Waals surface area (Å²) in [7, 11) is 0. The standard InChI is InChI=1S/C24H25NO4/c26-22(21-12-11-19-8-4-5-9-20(19)16-21)17-29-24(28)14-15-25-23(27)13-10-18-6-2-1-3-7-18/h1-3,6-7,10-13,16H,4-5,8-9,14-15,17H2,(H,25,27)/b13-10+. The molecule has 0 saturated heterocycles. The van der Waals surface area contributed by atoms with Gasteiger partial charge >= 0.3 is 5.97 Å². The van der Waals surface area contributed by atoms with E-state index in [4.69, 9.17) is 4.74 Å². The van der Waals surface area contributed by atoms with Crippen LogP contribution in [-0.2, 0) is 27.2 Å². The highest BCUT2D eigenvalue weighted by Crippen LogP contribution is 2.22. The number of Topliss-reactive ketones (excluding diaryl/α,β-unsaturated/α-hetero) is 1. The Balaban J connectivity index is 1.37. The highest BCUT2D eigenvalue weighted by Gasteiger charge is 2.14. The zero-order valence-electron chi connectivity index (χ0n) is 16.4. The van der Waals surface area contributed by atoms with Gasteiger partial charge in [-0.05, 0) is 54.5 Å². The second-order valence-electron chi connectivity index (χ2n) is 7.06. The number of hydrogen-bond donors (Lipinski definition) is 1. The molecule has 1 aliphatic carbocycles. The van der Waals surface area contributed by atoms with Crippen molar-refractivity contribution < 1.29 is 19.1 Å². The first-order valence-corrected chi connectivity index (χ1v) is 9.93. The average molecular weight is 391 g/mol. The van der Waals surface area contributed by atoms with Crippen LogP contribution >= 0.6 is 0 Å². The Morgan fingerprint density at radius 3 is 2.52 bits per heavy atom. The lowest BCUT2D eigenvalue weighted by molar-refractivity contribution is -0.142. The van der Waals surface area contributed by atoms with Gasteiger partial charge in [-0.1, -0.05) is 42.5 Å². The summed E-state index contributed by atoms with van der Waals surface area (Å²) < 4.78 is 5.06. The van der Waals surface area contributed by atoms with Crippen molar-refractivity contribution in [1.82, 2.24) is 5.32 Å². The van der Waals surface area contributed by atoms with Crippen LogP contribution in [0.15, 0.2) is 54.6 Å². The molecule has 3 rings (SSSR count). The number of aryl methyl sites for hydroxylation is 2. The molecule has 29 heavy (non-hydrogen) atoms. The summed E-state index contributed by atoms with van der Waals surface area (Å²) in [5, 5.41) is 2.63. The molecule has 150 valence electrons. The Labute approximate surface area is 170 Å². The first-order chi connectivity index (χ1) is 14.1. The minimum absolute atomic E-state index is 0.0163. The van der Waals surface area contributed by atoms with Crippen LogP contribution in [0.25, 0.3) is 6.08 Å². The highest BCUT2D eigenvalue weighted by molar-refractivity contribution is 5.98. The van der Waals surface area contributed by atoms with Crippen LogP contribution in [0, 0.1) is 0 Å². The van der Waals surface area contributed by atoms with Gasteiger partial charge in [0, 0.05) is 18.2 Å². The van der Waals surface area contributed by atoms with E-state index in [-0.39, 0.29) is 31.3 Å². The maximum Gasteiger partial charge on any atom is 0.308 e. The Hall–Kier alpha value is -3.21. The van der Waals surface area contributed by atoms with Gasteiger partial charge in [0.15, 0.2) is 12.4 Å². The molecular weight excluding hydrogens is 366 g/mol. The Morgan fingerprint density at radius 2 is 1.72 bits per heavy atom. The van der Waals surface area contributed by atoms with Gasteiger partial charge in [0.05, 0.1) is 6.42 Å². The van der Waals surface area contributed by atoms with Gasteiger partial charge in [0.25, 0.3) is 0 Å². The maximum absolute atomic E-state index is 12.3. The van der Waals surface area contributed by atoms with Gasteiger partial charge in [0.2, 0.25) is 5.91 Å². The number of ether oxygens (including phenoxy) is 1. The summed E-state index contributed by atoms with van der Waals surface area (Å²) in [6.07, 6.45) is 7.52. The van der Waals surface area contributed by atoms with E-state index in [0.29, 0.717) is 5.56 Å². The Bertz CT molecular complexity index is 902. The van der Waals surface area contributed by atoms with Crippen molar-refractivity contribution in [2.24, 2.45) is 0 Å². The van der Waals surface area contributed by atoms with Gasteiger partial charge in [-0.15, -0.1) is 0 Å². The molecule has 2 aromatic rings. The van der Waals surface area contributed by atoms with Crippen molar-refractivity contribution in [2.45, 2.75) is 32.1 Å². The van der Waals surface area contributed by atoms with Crippen molar-refractivity contribution in [1.29, 1.82) is 0 Å². The van der Waals surface area contributed by atoms with E-state index in [0.717, 1.165) is 24.8 Å². The zero-order chi connectivity index (χ0) is 20.5. The molecule has 1 aliphatic rings. The fourth-order valence-electron chi connectivity index (χ4n) is 3.29. The molecular formula is C24H25NO4. The predicted octanol–water partition coefficient (Wildman–Crippen LogP) is 3.51. The number of amides is 1. The first-order valence-electron chi connectivity index (χ1n) is 9.93. The number of benzene rings is 2. The smallest absolute Gasteiger partial charge is 0.308 e. The molecule has 5 nitrogen and oxygen atoms in total. The molecule has 0 heterocycles. The maximum atomic E-state index is 12.3. The number of nitrogens with one attached hydrogen (secondary N) is 1. The van der Waals surface area contributed by atoms with Gasteiger partial charge in [-0.3, -0.25) is 14.4 Å². The topological polar surface area (TPSA) is 72.5 Å². The van der Waals surface area contributed by atoms with E-state index < -0.39 is 5.97 Å². The number of hydrogen-bond acceptors (Lipinski definition) is 4. The van der Waals surface area contributed by atoms with Gasteiger partial charge in [-0.2, -0.15) is 0 Å². The van der Waals surface area contributed by atoms with Crippen LogP contribution < -0.4 is 5.32 Å². The number of esters is 1. The van der Waals surface area contributed by atoms with Crippen LogP contribution in [0.2, 0.25) is 0 Å². The second-order valence-corrected chi connectivity index (χ2v) is 7.06. The van der Waals surface area contributed by atoms with Crippen molar-refractivity contribution in [3.8, 4) is 0 Å². The monoisotopic (exact) mass is 391 g/mol. The lowest BCUT2D eigenvalue weighted by Gasteiger charge is -2.16.